The molecular formula is C13H26N2O. The first-order valence-electron chi connectivity index (χ1n) is 6.66. The molecule has 1 heterocycles. The average molecular weight is 226 g/mol. The zero-order valence-corrected chi connectivity index (χ0v) is 11.0. The molecule has 2 rings (SSSR count). The van der Waals surface area contributed by atoms with Crippen molar-refractivity contribution in [1.82, 2.24) is 10.2 Å². The third-order valence-electron chi connectivity index (χ3n) is 4.38. The molecule has 1 N–H and O–H groups in total. The van der Waals surface area contributed by atoms with E-state index in [1.165, 1.54) is 32.1 Å². The van der Waals surface area contributed by atoms with Gasteiger partial charge in [-0.1, -0.05) is 0 Å². The number of hydrogen-bond donors (Lipinski definition) is 1. The fourth-order valence-corrected chi connectivity index (χ4v) is 2.87. The second-order valence-electron chi connectivity index (χ2n) is 5.75. The van der Waals surface area contributed by atoms with Gasteiger partial charge in [0.1, 0.15) is 0 Å². The minimum absolute atomic E-state index is 0.435. The van der Waals surface area contributed by atoms with E-state index in [9.17, 15) is 0 Å². The van der Waals surface area contributed by atoms with Gasteiger partial charge in [-0.25, -0.2) is 0 Å². The molecule has 2 fully saturated rings. The molecule has 2 unspecified atom stereocenters. The third-order valence-corrected chi connectivity index (χ3v) is 4.38. The van der Waals surface area contributed by atoms with Gasteiger partial charge in [0.25, 0.3) is 0 Å². The van der Waals surface area contributed by atoms with Gasteiger partial charge in [0.15, 0.2) is 0 Å². The number of hydrogen-bond acceptors (Lipinski definition) is 3. The van der Waals surface area contributed by atoms with Crippen LogP contribution in [0.25, 0.3) is 0 Å². The first-order valence-corrected chi connectivity index (χ1v) is 6.66. The van der Waals surface area contributed by atoms with Gasteiger partial charge in [-0.3, -0.25) is 0 Å². The lowest BCUT2D eigenvalue weighted by molar-refractivity contribution is 0.0382. The van der Waals surface area contributed by atoms with Crippen molar-refractivity contribution in [3.63, 3.8) is 0 Å². The first kappa shape index (κ1) is 12.3. The Bertz CT molecular complexity index is 226. The van der Waals surface area contributed by atoms with Crippen LogP contribution in [-0.4, -0.2) is 49.8 Å². The molecule has 2 atom stereocenters. The molecule has 94 valence electrons. The molecule has 0 bridgehead atoms. The van der Waals surface area contributed by atoms with Gasteiger partial charge in [0, 0.05) is 18.6 Å². The monoisotopic (exact) mass is 226 g/mol. The highest BCUT2D eigenvalue weighted by atomic mass is 16.5. The van der Waals surface area contributed by atoms with Crippen molar-refractivity contribution >= 4 is 0 Å². The summed E-state index contributed by atoms with van der Waals surface area (Å²) in [7, 11) is 4.41. The van der Waals surface area contributed by atoms with Crippen LogP contribution in [0, 0.1) is 0 Å². The molecule has 3 nitrogen and oxygen atoms in total. The van der Waals surface area contributed by atoms with E-state index in [2.05, 4.69) is 31.2 Å². The molecule has 0 aromatic heterocycles. The molecule has 1 aliphatic heterocycles. The van der Waals surface area contributed by atoms with Crippen molar-refractivity contribution < 1.29 is 4.74 Å². The standard InChI is InChI=1S/C13H26N2O/c1-11-5-6-12(16-11)9-14-10-13(15(2)3)7-4-8-13/h11-12,14H,4-10H2,1-3H3. The highest BCUT2D eigenvalue weighted by Crippen LogP contribution is 2.35. The fraction of sp³-hybridized carbons (Fsp3) is 1.00. The van der Waals surface area contributed by atoms with Gasteiger partial charge in [-0.2, -0.15) is 0 Å². The Kier molecular flexibility index (Phi) is 3.88. The summed E-state index contributed by atoms with van der Waals surface area (Å²) < 4.78 is 5.81. The topological polar surface area (TPSA) is 24.5 Å². The molecule has 1 aliphatic carbocycles. The summed E-state index contributed by atoms with van der Waals surface area (Å²) in [6.07, 6.45) is 7.45. The second kappa shape index (κ2) is 5.03. The molecule has 2 aliphatic rings. The van der Waals surface area contributed by atoms with Gasteiger partial charge in [-0.15, -0.1) is 0 Å². The molecular weight excluding hydrogens is 200 g/mol. The Labute approximate surface area is 99.5 Å². The van der Waals surface area contributed by atoms with E-state index < -0.39 is 0 Å². The highest BCUT2D eigenvalue weighted by molar-refractivity contribution is 4.97. The van der Waals surface area contributed by atoms with E-state index in [1.807, 2.05) is 0 Å². The lowest BCUT2D eigenvalue weighted by atomic mass is 9.75. The Morgan fingerprint density at radius 3 is 2.50 bits per heavy atom. The number of nitrogens with zero attached hydrogens (tertiary/aromatic N) is 1. The van der Waals surface area contributed by atoms with Crippen molar-refractivity contribution in [3.05, 3.63) is 0 Å². The van der Waals surface area contributed by atoms with Crippen LogP contribution in [0.1, 0.15) is 39.0 Å². The van der Waals surface area contributed by atoms with Crippen molar-refractivity contribution in [2.45, 2.75) is 56.8 Å². The van der Waals surface area contributed by atoms with Crippen LogP contribution in [0.2, 0.25) is 0 Å². The Hall–Kier alpha value is -0.120. The van der Waals surface area contributed by atoms with Gasteiger partial charge in [0.05, 0.1) is 12.2 Å². The van der Waals surface area contributed by atoms with Crippen LogP contribution in [-0.2, 0) is 4.74 Å². The summed E-state index contributed by atoms with van der Waals surface area (Å²) >= 11 is 0. The van der Waals surface area contributed by atoms with Gasteiger partial charge < -0.3 is 15.0 Å². The van der Waals surface area contributed by atoms with E-state index in [-0.39, 0.29) is 0 Å². The maximum atomic E-state index is 5.81. The summed E-state index contributed by atoms with van der Waals surface area (Å²) in [5.41, 5.74) is 0.435. The molecule has 0 amide bonds. The van der Waals surface area contributed by atoms with Crippen molar-refractivity contribution in [1.29, 1.82) is 0 Å². The summed E-state index contributed by atoms with van der Waals surface area (Å²) in [4.78, 5) is 2.39. The largest absolute Gasteiger partial charge is 0.374 e. The lowest BCUT2D eigenvalue weighted by Gasteiger charge is -2.47. The van der Waals surface area contributed by atoms with Crippen LogP contribution < -0.4 is 5.32 Å². The van der Waals surface area contributed by atoms with Crippen LogP contribution >= 0.6 is 0 Å². The zero-order chi connectivity index (χ0) is 11.6. The molecule has 0 aromatic rings. The van der Waals surface area contributed by atoms with Gasteiger partial charge in [-0.05, 0) is 53.1 Å². The minimum Gasteiger partial charge on any atom is -0.374 e. The molecule has 1 saturated heterocycles. The molecule has 0 spiro atoms. The van der Waals surface area contributed by atoms with Crippen LogP contribution in [0.15, 0.2) is 0 Å². The summed E-state index contributed by atoms with van der Waals surface area (Å²) in [6, 6.07) is 0. The predicted octanol–water partition coefficient (Wildman–Crippen LogP) is 1.63. The molecule has 16 heavy (non-hydrogen) atoms. The number of ether oxygens (including phenoxy) is 1. The maximum Gasteiger partial charge on any atom is 0.0704 e. The fourth-order valence-electron chi connectivity index (χ4n) is 2.87. The average Bonchev–Trinajstić information content (AvgIpc) is 2.55. The molecule has 0 aromatic carbocycles. The number of likely N-dealkylation sites (N-methyl/N-ethyl adjacent to an activating group) is 1. The van der Waals surface area contributed by atoms with Crippen molar-refractivity contribution in [2.24, 2.45) is 0 Å². The lowest BCUT2D eigenvalue weighted by Crippen LogP contribution is -2.57. The Morgan fingerprint density at radius 1 is 1.31 bits per heavy atom. The summed E-state index contributed by atoms with van der Waals surface area (Å²) in [5, 5.41) is 3.61. The SMILES string of the molecule is CC1CCC(CNCC2(N(C)C)CCC2)O1. The summed E-state index contributed by atoms with van der Waals surface area (Å²) in [5.74, 6) is 0. The van der Waals surface area contributed by atoms with Crippen molar-refractivity contribution in [2.75, 3.05) is 27.2 Å². The van der Waals surface area contributed by atoms with E-state index in [4.69, 9.17) is 4.74 Å². The van der Waals surface area contributed by atoms with E-state index >= 15 is 0 Å². The molecule has 0 radical (unpaired) electrons. The van der Waals surface area contributed by atoms with Gasteiger partial charge >= 0.3 is 0 Å². The Balaban J connectivity index is 1.67. The minimum atomic E-state index is 0.435. The third kappa shape index (κ3) is 2.58. The first-order chi connectivity index (χ1) is 7.62. The van der Waals surface area contributed by atoms with Crippen LogP contribution in [0.3, 0.4) is 0 Å². The van der Waals surface area contributed by atoms with Crippen LogP contribution in [0.5, 0.6) is 0 Å². The quantitative estimate of drug-likeness (QED) is 0.771. The van der Waals surface area contributed by atoms with Crippen LogP contribution in [0.4, 0.5) is 0 Å². The predicted molar refractivity (Wildman–Crippen MR) is 66.7 cm³/mol. The second-order valence-corrected chi connectivity index (χ2v) is 5.75. The van der Waals surface area contributed by atoms with E-state index in [0.717, 1.165) is 13.1 Å². The number of rotatable bonds is 5. The molecule has 1 saturated carbocycles. The highest BCUT2D eigenvalue weighted by Gasteiger charge is 2.38. The normalized spacial score (nSPS) is 33.0. The van der Waals surface area contributed by atoms with E-state index in [1.54, 1.807) is 0 Å². The Morgan fingerprint density at radius 2 is 2.06 bits per heavy atom. The summed E-state index contributed by atoms with van der Waals surface area (Å²) in [6.45, 7) is 4.32. The van der Waals surface area contributed by atoms with E-state index in [0.29, 0.717) is 17.7 Å². The molecule has 3 heteroatoms. The number of nitrogens with one attached hydrogen (secondary N) is 1. The zero-order valence-electron chi connectivity index (χ0n) is 11.0. The van der Waals surface area contributed by atoms with Crippen molar-refractivity contribution in [3.8, 4) is 0 Å². The smallest absolute Gasteiger partial charge is 0.0704 e. The van der Waals surface area contributed by atoms with Gasteiger partial charge in [0.2, 0.25) is 0 Å². The maximum absolute atomic E-state index is 5.81.